The summed E-state index contributed by atoms with van der Waals surface area (Å²) in [5, 5.41) is 0. The topological polar surface area (TPSA) is 30.0 Å². The van der Waals surface area contributed by atoms with Gasteiger partial charge in [-0.3, -0.25) is 0 Å². The molecule has 0 amide bonds. The van der Waals surface area contributed by atoms with Gasteiger partial charge in [-0.05, 0) is 0 Å². The van der Waals surface area contributed by atoms with Crippen LogP contribution in [0.1, 0.15) is 0 Å². The van der Waals surface area contributed by atoms with Crippen molar-refractivity contribution < 1.29 is 42.0 Å². The van der Waals surface area contributed by atoms with Crippen molar-refractivity contribution in [2.75, 3.05) is 0 Å². The molecule has 1 nitrogen and oxygen atoms in total. The van der Waals surface area contributed by atoms with Crippen LogP contribution in [0.2, 0.25) is 0 Å². The van der Waals surface area contributed by atoms with E-state index in [1.54, 1.807) is 0 Å². The molecule has 0 heterocycles. The molecule has 0 saturated carbocycles. The Morgan fingerprint density at radius 2 is 1.00 bits per heavy atom. The molecule has 0 aromatic carbocycles. The fraction of sp³-hybridized carbons (Fsp3) is 0. The Labute approximate surface area is 111 Å². The van der Waals surface area contributed by atoms with Gasteiger partial charge in [0.1, 0.15) is 0 Å². The minimum atomic E-state index is 0. The number of hydrogen-bond acceptors (Lipinski definition) is 1. The van der Waals surface area contributed by atoms with E-state index in [-0.39, 0.29) is 114 Å². The van der Waals surface area contributed by atoms with Crippen molar-refractivity contribution in [2.24, 2.45) is 0 Å². The van der Waals surface area contributed by atoms with E-state index in [0.717, 1.165) is 0 Å². The number of rotatable bonds is 0. The largest absolute Gasteiger partial charge is 0.870 e. The van der Waals surface area contributed by atoms with Gasteiger partial charge in [0.25, 0.3) is 0 Å². The van der Waals surface area contributed by atoms with Crippen molar-refractivity contribution in [1.29, 1.82) is 0 Å². The van der Waals surface area contributed by atoms with Gasteiger partial charge in [-0.1, -0.05) is 0 Å². The summed E-state index contributed by atoms with van der Waals surface area (Å²) in [5.41, 5.74) is 0. The SMILES string of the molecule is [BaH+].[Cu].[MgH2].[OH-].[Zn]. The van der Waals surface area contributed by atoms with Crippen LogP contribution in [-0.4, -0.2) is 77.4 Å². The molecule has 1 radical (unpaired) electrons. The molecule has 0 fully saturated rings. The summed E-state index contributed by atoms with van der Waals surface area (Å²) in [5.74, 6) is 0. The van der Waals surface area contributed by atoms with Gasteiger partial charge in [-0.2, -0.15) is 0 Å². The Morgan fingerprint density at radius 3 is 1.00 bits per heavy atom. The third kappa shape index (κ3) is 18.6. The monoisotopic (exact) mass is 309 g/mol. The molecule has 0 aromatic rings. The average Bonchev–Trinajstić information content (AvgIpc) is 0. The first kappa shape index (κ1) is 39.5. The van der Waals surface area contributed by atoms with Crippen LogP contribution in [0.3, 0.4) is 0 Å². The molecule has 0 aliphatic heterocycles. The van der Waals surface area contributed by atoms with Crippen molar-refractivity contribution >= 4 is 71.9 Å². The average molecular weight is 311 g/mol. The normalized spacial score (nSPS) is 0. The van der Waals surface area contributed by atoms with E-state index >= 15 is 0 Å². The zero-order valence-corrected chi connectivity index (χ0v) is 12.6. The zero-order chi connectivity index (χ0) is 0. The molecule has 0 aromatic heterocycles. The van der Waals surface area contributed by atoms with Crippen molar-refractivity contribution in [1.82, 2.24) is 0 Å². The molecule has 0 unspecified atom stereocenters. The first-order valence-corrected chi connectivity index (χ1v) is 0. The van der Waals surface area contributed by atoms with Crippen molar-refractivity contribution in [3.05, 3.63) is 0 Å². The molecule has 0 aliphatic carbocycles. The minimum Gasteiger partial charge on any atom is -0.870 e. The van der Waals surface area contributed by atoms with E-state index < -0.39 is 0 Å². The predicted molar refractivity (Wildman–Crippen MR) is 17.6 cm³/mol. The fourth-order valence-electron chi connectivity index (χ4n) is 0. The number of hydrogen-bond donors (Lipinski definition) is 0. The van der Waals surface area contributed by atoms with Gasteiger partial charge < -0.3 is 5.48 Å². The van der Waals surface area contributed by atoms with Crippen LogP contribution in [-0.2, 0) is 36.5 Å². The van der Waals surface area contributed by atoms with Crippen LogP contribution in [0.4, 0.5) is 0 Å². The Bertz CT molecular complexity index is 11.6. The first-order chi connectivity index (χ1) is 0. The maximum absolute atomic E-state index is 0. The molecule has 1 N–H and O–H groups in total. The van der Waals surface area contributed by atoms with Crippen LogP contribution in [0.25, 0.3) is 0 Å². The molecule has 5 heteroatoms. The van der Waals surface area contributed by atoms with Gasteiger partial charge >= 0.3 is 71.9 Å². The van der Waals surface area contributed by atoms with Crippen molar-refractivity contribution in [2.45, 2.75) is 0 Å². The van der Waals surface area contributed by atoms with E-state index in [1.165, 1.54) is 0 Å². The molecule has 5 heavy (non-hydrogen) atoms. The summed E-state index contributed by atoms with van der Waals surface area (Å²) >= 11 is 0. The smallest absolute Gasteiger partial charge is 0.316 e. The van der Waals surface area contributed by atoms with Gasteiger partial charge in [-0.25, -0.2) is 0 Å². The second kappa shape index (κ2) is 26.1. The Hall–Kier alpha value is 3.44. The Kier molecular flexibility index (Phi) is 206. The molecule has 0 aliphatic rings. The standard InChI is InChI=1S/Ba.Cu.Mg.H2O.Zn.3H/h;;;1H2;;;;/q+1;;;;;;;/p-1. The fourth-order valence-corrected chi connectivity index (χ4v) is 0. The summed E-state index contributed by atoms with van der Waals surface area (Å²) in [6.45, 7) is 0. The van der Waals surface area contributed by atoms with Gasteiger partial charge in [0, 0.05) is 36.5 Å². The van der Waals surface area contributed by atoms with Crippen molar-refractivity contribution in [3.63, 3.8) is 0 Å². The molecule has 0 atom stereocenters. The summed E-state index contributed by atoms with van der Waals surface area (Å²) in [4.78, 5) is 0. The van der Waals surface area contributed by atoms with Crippen LogP contribution < -0.4 is 0 Å². The molecular formula is H4BaCuMgOZn. The van der Waals surface area contributed by atoms with E-state index in [4.69, 9.17) is 0 Å². The molecule has 0 bridgehead atoms. The van der Waals surface area contributed by atoms with Crippen LogP contribution >= 0.6 is 0 Å². The van der Waals surface area contributed by atoms with E-state index in [1.807, 2.05) is 0 Å². The first-order valence-electron chi connectivity index (χ1n) is 0. The van der Waals surface area contributed by atoms with Crippen LogP contribution in [0, 0.1) is 0 Å². The molecule has 0 saturated heterocycles. The summed E-state index contributed by atoms with van der Waals surface area (Å²) in [6, 6.07) is 0. The maximum atomic E-state index is 0. The van der Waals surface area contributed by atoms with Crippen LogP contribution in [0.5, 0.6) is 0 Å². The molecule has 0 rings (SSSR count). The second-order valence-corrected chi connectivity index (χ2v) is 0. The summed E-state index contributed by atoms with van der Waals surface area (Å²) < 4.78 is 0. The van der Waals surface area contributed by atoms with E-state index in [9.17, 15) is 0 Å². The Balaban J connectivity index is 0. The Morgan fingerprint density at radius 1 is 1.00 bits per heavy atom. The van der Waals surface area contributed by atoms with E-state index in [2.05, 4.69) is 0 Å². The zero-order valence-electron chi connectivity index (χ0n) is 2.46. The third-order valence-corrected chi connectivity index (χ3v) is 0. The van der Waals surface area contributed by atoms with E-state index in [0.29, 0.717) is 0 Å². The summed E-state index contributed by atoms with van der Waals surface area (Å²) in [6.07, 6.45) is 0. The van der Waals surface area contributed by atoms with Gasteiger partial charge in [0.15, 0.2) is 0 Å². The molecule has 27 valence electrons. The van der Waals surface area contributed by atoms with Crippen LogP contribution in [0.15, 0.2) is 0 Å². The summed E-state index contributed by atoms with van der Waals surface area (Å²) in [7, 11) is 0. The maximum Gasteiger partial charge on any atom is 0.316 e. The molecular weight excluding hydrogens is 307 g/mol. The molecule has 0 spiro atoms. The van der Waals surface area contributed by atoms with Crippen molar-refractivity contribution in [3.8, 4) is 0 Å². The van der Waals surface area contributed by atoms with Gasteiger partial charge in [0.2, 0.25) is 0 Å². The minimum absolute atomic E-state index is 0. The van der Waals surface area contributed by atoms with Gasteiger partial charge in [-0.15, -0.1) is 0 Å². The van der Waals surface area contributed by atoms with Gasteiger partial charge in [0.05, 0.1) is 0 Å². The quantitative estimate of drug-likeness (QED) is 0.488. The predicted octanol–water partition coefficient (Wildman–Crippen LogP) is -1.75. The third-order valence-electron chi connectivity index (χ3n) is 0. The second-order valence-electron chi connectivity index (χ2n) is 0.